The second-order valence-electron chi connectivity index (χ2n) is 5.85. The molecule has 1 amide bonds. The molecule has 1 aliphatic rings. The first-order chi connectivity index (χ1) is 15.1. The van der Waals surface area contributed by atoms with Crippen LogP contribution in [-0.2, 0) is 4.74 Å². The molecular formula is C18H15N7O3S3. The van der Waals surface area contributed by atoms with Gasteiger partial charge in [0.1, 0.15) is 22.7 Å². The summed E-state index contributed by atoms with van der Waals surface area (Å²) in [6, 6.07) is 6.91. The van der Waals surface area contributed by atoms with Crippen LogP contribution < -0.4 is 5.32 Å². The van der Waals surface area contributed by atoms with E-state index >= 15 is 0 Å². The number of amides is 1. The highest BCUT2D eigenvalue weighted by Crippen LogP contribution is 2.32. The van der Waals surface area contributed by atoms with Crippen molar-refractivity contribution in [2.45, 2.75) is 20.0 Å². The Hall–Kier alpha value is -2.90. The lowest BCUT2D eigenvalue weighted by Gasteiger charge is -2.10. The summed E-state index contributed by atoms with van der Waals surface area (Å²) >= 11 is 4.07. The summed E-state index contributed by atoms with van der Waals surface area (Å²) in [6.07, 6.45) is 2.95. The maximum Gasteiger partial charge on any atom is 0.356 e. The smallest absolute Gasteiger partial charge is 0.356 e. The molecule has 0 radical (unpaired) electrons. The number of rotatable bonds is 6. The summed E-state index contributed by atoms with van der Waals surface area (Å²) in [7, 11) is 1.30. The van der Waals surface area contributed by atoms with Gasteiger partial charge in [0, 0.05) is 21.7 Å². The van der Waals surface area contributed by atoms with Gasteiger partial charge in [-0.25, -0.2) is 19.7 Å². The molecule has 1 aliphatic heterocycles. The molecule has 0 fully saturated rings. The van der Waals surface area contributed by atoms with Crippen LogP contribution in [0.2, 0.25) is 0 Å². The Morgan fingerprint density at radius 1 is 1.19 bits per heavy atom. The third-order valence-corrected chi connectivity index (χ3v) is 6.55. The molecule has 0 saturated heterocycles. The number of H-pyrrole nitrogens is 1. The number of aliphatic imine (C=N–C) groups is 1. The molecule has 0 spiro atoms. The van der Waals surface area contributed by atoms with Gasteiger partial charge in [0.05, 0.1) is 13.7 Å². The van der Waals surface area contributed by atoms with Crippen molar-refractivity contribution in [3.63, 3.8) is 0 Å². The molecular weight excluding hydrogens is 458 g/mol. The Morgan fingerprint density at radius 3 is 2.77 bits per heavy atom. The first-order valence-electron chi connectivity index (χ1n) is 8.87. The molecule has 0 aliphatic carbocycles. The molecule has 31 heavy (non-hydrogen) atoms. The topological polar surface area (TPSA) is 135 Å². The Morgan fingerprint density at radius 2 is 2.10 bits per heavy atom. The highest BCUT2D eigenvalue weighted by atomic mass is 32.2. The Kier molecular flexibility index (Phi) is 6.84. The lowest BCUT2D eigenvalue weighted by atomic mass is 10.3. The fourth-order valence-electron chi connectivity index (χ4n) is 2.43. The average molecular weight is 474 g/mol. The number of ether oxygens (including phenoxy) is 1. The minimum absolute atomic E-state index is 0.206. The van der Waals surface area contributed by atoms with Crippen LogP contribution in [0, 0.1) is 0 Å². The predicted octanol–water partition coefficient (Wildman–Crippen LogP) is 2.52. The Balaban J connectivity index is 1.60. The maximum absolute atomic E-state index is 12.9. The van der Waals surface area contributed by atoms with Gasteiger partial charge in [-0.05, 0) is 36.0 Å². The zero-order valence-electron chi connectivity index (χ0n) is 16.1. The lowest BCUT2D eigenvalue weighted by molar-refractivity contribution is 0.0593. The quantitative estimate of drug-likeness (QED) is 0.514. The minimum Gasteiger partial charge on any atom is -0.464 e. The molecule has 0 bridgehead atoms. The Labute approximate surface area is 189 Å². The molecule has 3 aromatic heterocycles. The number of amidine groups is 1. The summed E-state index contributed by atoms with van der Waals surface area (Å²) in [5.41, 5.74) is 0.458. The summed E-state index contributed by atoms with van der Waals surface area (Å²) in [6.45, 7) is 0.676. The molecule has 3 aromatic rings. The van der Waals surface area contributed by atoms with E-state index in [0.717, 1.165) is 10.6 Å². The van der Waals surface area contributed by atoms with Gasteiger partial charge < -0.3 is 4.74 Å². The predicted molar refractivity (Wildman–Crippen MR) is 117 cm³/mol. The largest absolute Gasteiger partial charge is 0.464 e. The Bertz CT molecular complexity index is 1120. The molecule has 0 unspecified atom stereocenters. The first kappa shape index (κ1) is 21.3. The third kappa shape index (κ3) is 5.42. The number of thioether (sulfide) groups is 1. The zero-order chi connectivity index (χ0) is 21.6. The zero-order valence-corrected chi connectivity index (χ0v) is 18.5. The number of nitrogens with zero attached hydrogens (tertiary/aromatic N) is 5. The van der Waals surface area contributed by atoms with Gasteiger partial charge in [-0.3, -0.25) is 20.2 Å². The normalized spacial score (nSPS) is 13.0. The standard InChI is InChI=1S/C18H15N7O3S3/c1-28-16(27)11-3-2-10(8-20-11)30-12-4-5-13(31-18-21-9-22-25-18)23-14(12)15(26)24-17-19-6-7-29-17/h2-5,8-9H,6-7H2,1H3,(H,19,24,26)(H,21,22,25). The lowest BCUT2D eigenvalue weighted by Crippen LogP contribution is -2.28. The molecule has 13 heteroatoms. The van der Waals surface area contributed by atoms with Crippen LogP contribution in [0.15, 0.2) is 61.8 Å². The van der Waals surface area contributed by atoms with Crippen LogP contribution in [0.4, 0.5) is 0 Å². The second-order valence-corrected chi connectivity index (χ2v) is 9.06. The van der Waals surface area contributed by atoms with Gasteiger partial charge in [-0.1, -0.05) is 23.5 Å². The van der Waals surface area contributed by atoms with Crippen LogP contribution in [0.25, 0.3) is 0 Å². The minimum atomic E-state index is -0.512. The number of aromatic nitrogens is 5. The van der Waals surface area contributed by atoms with Crippen molar-refractivity contribution in [3.05, 3.63) is 48.2 Å². The van der Waals surface area contributed by atoms with E-state index in [4.69, 9.17) is 0 Å². The van der Waals surface area contributed by atoms with Crippen molar-refractivity contribution in [1.82, 2.24) is 30.5 Å². The molecule has 0 atom stereocenters. The van der Waals surface area contributed by atoms with Crippen LogP contribution in [0.5, 0.6) is 0 Å². The van der Waals surface area contributed by atoms with Crippen molar-refractivity contribution in [1.29, 1.82) is 0 Å². The molecule has 0 saturated carbocycles. The van der Waals surface area contributed by atoms with Crippen LogP contribution in [-0.4, -0.2) is 61.6 Å². The fraction of sp³-hybridized carbons (Fsp3) is 0.167. The number of pyridine rings is 2. The monoisotopic (exact) mass is 473 g/mol. The van der Waals surface area contributed by atoms with Gasteiger partial charge in [0.2, 0.25) is 0 Å². The van der Waals surface area contributed by atoms with Crippen LogP contribution in [0.1, 0.15) is 21.0 Å². The average Bonchev–Trinajstić information content (AvgIpc) is 3.49. The third-order valence-electron chi connectivity index (χ3n) is 3.81. The van der Waals surface area contributed by atoms with E-state index < -0.39 is 5.97 Å². The van der Waals surface area contributed by atoms with E-state index in [9.17, 15) is 9.59 Å². The van der Waals surface area contributed by atoms with Gasteiger partial charge >= 0.3 is 5.97 Å². The maximum atomic E-state index is 12.9. The van der Waals surface area contributed by atoms with Gasteiger partial charge in [-0.15, -0.1) is 0 Å². The van der Waals surface area contributed by atoms with E-state index in [1.807, 2.05) is 6.07 Å². The van der Waals surface area contributed by atoms with E-state index in [-0.39, 0.29) is 17.3 Å². The number of nitrogens with one attached hydrogen (secondary N) is 2. The number of hydrogen-bond donors (Lipinski definition) is 2. The number of carbonyl (C=O) groups is 2. The number of esters is 1. The summed E-state index contributed by atoms with van der Waals surface area (Å²) in [4.78, 5) is 42.9. The molecule has 4 heterocycles. The molecule has 10 nitrogen and oxygen atoms in total. The van der Waals surface area contributed by atoms with Crippen LogP contribution >= 0.6 is 35.3 Å². The van der Waals surface area contributed by atoms with Gasteiger partial charge in [0.15, 0.2) is 10.3 Å². The van der Waals surface area contributed by atoms with E-state index in [1.165, 1.54) is 48.7 Å². The highest BCUT2D eigenvalue weighted by molar-refractivity contribution is 8.14. The molecule has 2 N–H and O–H groups in total. The van der Waals surface area contributed by atoms with E-state index in [0.29, 0.717) is 26.8 Å². The van der Waals surface area contributed by atoms with E-state index in [1.54, 1.807) is 24.4 Å². The van der Waals surface area contributed by atoms with Crippen molar-refractivity contribution in [2.75, 3.05) is 19.4 Å². The number of carbonyl (C=O) groups excluding carboxylic acids is 2. The van der Waals surface area contributed by atoms with E-state index in [2.05, 4.69) is 40.2 Å². The van der Waals surface area contributed by atoms with Crippen molar-refractivity contribution < 1.29 is 14.3 Å². The fourth-order valence-corrected chi connectivity index (χ4v) is 4.69. The highest BCUT2D eigenvalue weighted by Gasteiger charge is 2.20. The van der Waals surface area contributed by atoms with Gasteiger partial charge in [0.25, 0.3) is 5.91 Å². The second kappa shape index (κ2) is 9.94. The molecule has 0 aromatic carbocycles. The van der Waals surface area contributed by atoms with Crippen molar-refractivity contribution in [3.8, 4) is 0 Å². The molecule has 158 valence electrons. The number of methoxy groups -OCH3 is 1. The SMILES string of the molecule is COC(=O)c1ccc(Sc2ccc(Sc3ncn[nH]3)nc2C(=O)NC2=NCCS2)cn1. The summed E-state index contributed by atoms with van der Waals surface area (Å²) in [5.74, 6) is -0.0266. The van der Waals surface area contributed by atoms with Crippen LogP contribution in [0.3, 0.4) is 0 Å². The summed E-state index contributed by atoms with van der Waals surface area (Å²) in [5, 5.41) is 11.1. The van der Waals surface area contributed by atoms with Gasteiger partial charge in [-0.2, -0.15) is 5.10 Å². The first-order valence-corrected chi connectivity index (χ1v) is 11.5. The number of aromatic amines is 1. The number of hydrogen-bond acceptors (Lipinski definition) is 11. The van der Waals surface area contributed by atoms with Crippen molar-refractivity contribution in [2.24, 2.45) is 4.99 Å². The van der Waals surface area contributed by atoms with Crippen molar-refractivity contribution >= 4 is 52.3 Å². The molecule has 4 rings (SSSR count). The summed E-state index contributed by atoms with van der Waals surface area (Å²) < 4.78 is 4.67.